The first kappa shape index (κ1) is 17.1. The fraction of sp³-hybridized carbons (Fsp3) is 0.467. The van der Waals surface area contributed by atoms with Crippen LogP contribution in [0.25, 0.3) is 0 Å². The zero-order chi connectivity index (χ0) is 15.8. The summed E-state index contributed by atoms with van der Waals surface area (Å²) < 4.78 is 5.45. The Morgan fingerprint density at radius 2 is 1.86 bits per heavy atom. The van der Waals surface area contributed by atoms with E-state index in [2.05, 4.69) is 5.32 Å². The molecule has 1 aromatic rings. The number of benzene rings is 1. The van der Waals surface area contributed by atoms with Gasteiger partial charge >= 0.3 is 5.97 Å². The van der Waals surface area contributed by atoms with Gasteiger partial charge in [-0.05, 0) is 31.5 Å². The number of aliphatic hydroxyl groups excluding tert-OH is 1. The second kappa shape index (κ2) is 8.39. The number of hydrogen-bond acceptors (Lipinski definition) is 4. The molecule has 0 aliphatic rings. The third kappa shape index (κ3) is 5.93. The lowest BCUT2D eigenvalue weighted by Crippen LogP contribution is -2.41. The second-order valence-electron chi connectivity index (χ2n) is 4.93. The van der Waals surface area contributed by atoms with Gasteiger partial charge in [0.2, 0.25) is 0 Å². The number of rotatable bonds is 8. The average molecular weight is 295 g/mol. The molecule has 6 nitrogen and oxygen atoms in total. The lowest BCUT2D eigenvalue weighted by atomic mass is 10.1. The molecular formula is C15H21NO5. The molecule has 3 N–H and O–H groups in total. The number of carbonyl (C=O) groups is 2. The van der Waals surface area contributed by atoms with Crippen molar-refractivity contribution in [3.63, 3.8) is 0 Å². The van der Waals surface area contributed by atoms with Crippen LogP contribution < -0.4 is 5.32 Å². The summed E-state index contributed by atoms with van der Waals surface area (Å²) in [4.78, 5) is 22.8. The lowest BCUT2D eigenvalue weighted by molar-refractivity contribution is -0.139. The fourth-order valence-electron chi connectivity index (χ4n) is 1.64. The molecule has 0 saturated carbocycles. The van der Waals surface area contributed by atoms with E-state index >= 15 is 0 Å². The van der Waals surface area contributed by atoms with Crippen LogP contribution in [0.5, 0.6) is 0 Å². The molecule has 116 valence electrons. The van der Waals surface area contributed by atoms with E-state index in [9.17, 15) is 9.59 Å². The van der Waals surface area contributed by atoms with E-state index in [0.29, 0.717) is 12.2 Å². The smallest absolute Gasteiger partial charge is 0.326 e. The van der Waals surface area contributed by atoms with Crippen LogP contribution in [-0.4, -0.2) is 40.8 Å². The van der Waals surface area contributed by atoms with E-state index in [0.717, 1.165) is 5.56 Å². The third-order valence-corrected chi connectivity index (χ3v) is 2.82. The summed E-state index contributed by atoms with van der Waals surface area (Å²) in [5.74, 6) is -1.65. The number of carboxylic acid groups (broad SMARTS) is 1. The maximum absolute atomic E-state index is 11.9. The molecule has 0 bridgehead atoms. The minimum atomic E-state index is -1.17. The molecule has 0 unspecified atom stereocenters. The lowest BCUT2D eigenvalue weighted by Gasteiger charge is -2.13. The minimum absolute atomic E-state index is 0.0264. The third-order valence-electron chi connectivity index (χ3n) is 2.82. The van der Waals surface area contributed by atoms with Crippen LogP contribution in [0, 0.1) is 0 Å². The molecule has 0 fully saturated rings. The van der Waals surface area contributed by atoms with Gasteiger partial charge in [-0.3, -0.25) is 4.79 Å². The van der Waals surface area contributed by atoms with Crippen LogP contribution in [0.2, 0.25) is 0 Å². The minimum Gasteiger partial charge on any atom is -0.480 e. The first-order valence-electron chi connectivity index (χ1n) is 6.79. The van der Waals surface area contributed by atoms with Crippen LogP contribution in [0.4, 0.5) is 0 Å². The van der Waals surface area contributed by atoms with Crippen molar-refractivity contribution in [1.29, 1.82) is 0 Å². The monoisotopic (exact) mass is 295 g/mol. The summed E-state index contributed by atoms with van der Waals surface area (Å²) >= 11 is 0. The molecule has 1 aromatic carbocycles. The molecule has 1 atom stereocenters. The van der Waals surface area contributed by atoms with E-state index < -0.39 is 17.9 Å². The summed E-state index contributed by atoms with van der Waals surface area (Å²) in [5, 5.41) is 20.1. The standard InChI is InChI=1S/C15H21NO5/c1-10(2)21-9-11-3-5-12(6-4-11)14(18)16-13(7-8-17)15(19)20/h3-6,10,13,17H,7-9H2,1-2H3,(H,16,18)(H,19,20)/t13-/m1/s1. The topological polar surface area (TPSA) is 95.9 Å². The number of ether oxygens (including phenoxy) is 1. The molecule has 0 radical (unpaired) electrons. The van der Waals surface area contributed by atoms with E-state index in [1.54, 1.807) is 24.3 Å². The van der Waals surface area contributed by atoms with Crippen molar-refractivity contribution in [3.8, 4) is 0 Å². The largest absolute Gasteiger partial charge is 0.480 e. The fourth-order valence-corrected chi connectivity index (χ4v) is 1.64. The molecule has 0 spiro atoms. The normalized spacial score (nSPS) is 12.2. The Labute approximate surface area is 123 Å². The van der Waals surface area contributed by atoms with Gasteiger partial charge in [0.25, 0.3) is 5.91 Å². The average Bonchev–Trinajstić information content (AvgIpc) is 2.45. The van der Waals surface area contributed by atoms with Crippen molar-refractivity contribution in [2.24, 2.45) is 0 Å². The Balaban J connectivity index is 2.63. The number of aliphatic hydroxyl groups is 1. The predicted octanol–water partition coefficient (Wildman–Crippen LogP) is 1.18. The Bertz CT molecular complexity index is 469. The number of carbonyl (C=O) groups excluding carboxylic acids is 1. The molecule has 0 aromatic heterocycles. The summed E-state index contributed by atoms with van der Waals surface area (Å²) in [6.45, 7) is 4.04. The van der Waals surface area contributed by atoms with Crippen LogP contribution in [0.15, 0.2) is 24.3 Å². The second-order valence-corrected chi connectivity index (χ2v) is 4.93. The first-order valence-corrected chi connectivity index (χ1v) is 6.79. The van der Waals surface area contributed by atoms with Gasteiger partial charge in [0.1, 0.15) is 6.04 Å². The van der Waals surface area contributed by atoms with Gasteiger partial charge < -0.3 is 20.3 Å². The van der Waals surface area contributed by atoms with Crippen LogP contribution >= 0.6 is 0 Å². The van der Waals surface area contributed by atoms with E-state index in [1.165, 1.54) is 0 Å². The molecule has 21 heavy (non-hydrogen) atoms. The quantitative estimate of drug-likeness (QED) is 0.669. The predicted molar refractivity (Wildman–Crippen MR) is 77.0 cm³/mol. The highest BCUT2D eigenvalue weighted by Gasteiger charge is 2.19. The van der Waals surface area contributed by atoms with Gasteiger partial charge in [0.05, 0.1) is 12.7 Å². The molecule has 0 aliphatic heterocycles. The SMILES string of the molecule is CC(C)OCc1ccc(C(=O)N[C@H](CCO)C(=O)O)cc1. The number of hydrogen-bond donors (Lipinski definition) is 3. The molecule has 1 rings (SSSR count). The molecule has 0 aliphatic carbocycles. The number of nitrogens with one attached hydrogen (secondary N) is 1. The van der Waals surface area contributed by atoms with Gasteiger partial charge in [-0.15, -0.1) is 0 Å². The van der Waals surface area contributed by atoms with Crippen molar-refractivity contribution >= 4 is 11.9 Å². The molecule has 1 amide bonds. The van der Waals surface area contributed by atoms with Crippen LogP contribution in [0.1, 0.15) is 36.2 Å². The Morgan fingerprint density at radius 1 is 1.24 bits per heavy atom. The maximum Gasteiger partial charge on any atom is 0.326 e. The number of carboxylic acids is 1. The maximum atomic E-state index is 11.9. The highest BCUT2D eigenvalue weighted by molar-refractivity contribution is 5.96. The highest BCUT2D eigenvalue weighted by atomic mass is 16.5. The molecule has 0 saturated heterocycles. The summed E-state index contributed by atoms with van der Waals surface area (Å²) in [7, 11) is 0. The Hall–Kier alpha value is -1.92. The zero-order valence-electron chi connectivity index (χ0n) is 12.2. The van der Waals surface area contributed by atoms with Crippen molar-refractivity contribution in [3.05, 3.63) is 35.4 Å². The summed E-state index contributed by atoms with van der Waals surface area (Å²) in [6.07, 6.45) is 0.101. The van der Waals surface area contributed by atoms with Crippen molar-refractivity contribution in [2.75, 3.05) is 6.61 Å². The Morgan fingerprint density at radius 3 is 2.33 bits per heavy atom. The van der Waals surface area contributed by atoms with Gasteiger partial charge in [-0.2, -0.15) is 0 Å². The van der Waals surface area contributed by atoms with E-state index in [-0.39, 0.29) is 19.1 Å². The Kier molecular flexibility index (Phi) is 6.84. The number of amides is 1. The van der Waals surface area contributed by atoms with Crippen molar-refractivity contribution < 1.29 is 24.5 Å². The first-order chi connectivity index (χ1) is 9.93. The summed E-state index contributed by atoms with van der Waals surface area (Å²) in [6, 6.07) is 5.67. The van der Waals surface area contributed by atoms with E-state index in [4.69, 9.17) is 14.9 Å². The highest BCUT2D eigenvalue weighted by Crippen LogP contribution is 2.08. The molecule has 6 heteroatoms. The van der Waals surface area contributed by atoms with Crippen molar-refractivity contribution in [1.82, 2.24) is 5.32 Å². The molecule has 0 heterocycles. The van der Waals surface area contributed by atoms with E-state index in [1.807, 2.05) is 13.8 Å². The summed E-state index contributed by atoms with van der Waals surface area (Å²) in [5.41, 5.74) is 1.30. The van der Waals surface area contributed by atoms with Crippen molar-refractivity contribution in [2.45, 2.75) is 39.0 Å². The van der Waals surface area contributed by atoms with Gasteiger partial charge in [0, 0.05) is 18.6 Å². The van der Waals surface area contributed by atoms with Gasteiger partial charge in [-0.1, -0.05) is 12.1 Å². The van der Waals surface area contributed by atoms with Gasteiger partial charge in [0.15, 0.2) is 0 Å². The molecular weight excluding hydrogens is 274 g/mol. The zero-order valence-corrected chi connectivity index (χ0v) is 12.2. The number of aliphatic carboxylic acids is 1. The van der Waals surface area contributed by atoms with Crippen LogP contribution in [-0.2, 0) is 16.1 Å². The van der Waals surface area contributed by atoms with Crippen LogP contribution in [0.3, 0.4) is 0 Å². The van der Waals surface area contributed by atoms with Gasteiger partial charge in [-0.25, -0.2) is 4.79 Å².